The van der Waals surface area contributed by atoms with Crippen LogP contribution < -0.4 is 10.6 Å². The number of nitrogens with zero attached hydrogens (tertiary/aromatic N) is 5. The van der Waals surface area contributed by atoms with Crippen LogP contribution in [-0.4, -0.2) is 38.3 Å². The van der Waals surface area contributed by atoms with E-state index in [2.05, 4.69) is 15.4 Å². The first kappa shape index (κ1) is 10.0. The van der Waals surface area contributed by atoms with Gasteiger partial charge in [-0.25, -0.2) is 14.7 Å². The molecule has 1 N–H and O–H groups in total. The number of amides is 1. The van der Waals surface area contributed by atoms with Gasteiger partial charge < -0.3 is 0 Å². The molecule has 0 spiro atoms. The molecule has 2 heterocycles. The average Bonchev–Trinajstić information content (AvgIpc) is 2.75. The van der Waals surface area contributed by atoms with E-state index in [1.165, 1.54) is 18.1 Å². The molecule has 2 aromatic heterocycles. The highest BCUT2D eigenvalue weighted by molar-refractivity contribution is 5.91. The highest BCUT2D eigenvalue weighted by Gasteiger charge is 2.16. The topological polar surface area (TPSA) is 96.8 Å². The molecule has 16 heavy (non-hydrogen) atoms. The van der Waals surface area contributed by atoms with Crippen LogP contribution in [0.4, 0.5) is 10.5 Å². The van der Waals surface area contributed by atoms with E-state index in [1.54, 1.807) is 18.3 Å². The Morgan fingerprint density at radius 1 is 1.56 bits per heavy atom. The van der Waals surface area contributed by atoms with Gasteiger partial charge in [-0.2, -0.15) is 0 Å². The summed E-state index contributed by atoms with van der Waals surface area (Å²) in [5.41, 5.74) is -0.122. The maximum atomic E-state index is 11.8. The molecule has 8 heteroatoms. The summed E-state index contributed by atoms with van der Waals surface area (Å²) in [4.78, 5) is 28.0. The number of carbonyl (C=O) groups excluding carboxylic acids is 1. The van der Waals surface area contributed by atoms with E-state index in [-0.39, 0.29) is 0 Å². The fourth-order valence-electron chi connectivity index (χ4n) is 1.13. The third-order valence-corrected chi connectivity index (χ3v) is 1.97. The number of aromatic amines is 1. The minimum absolute atomic E-state index is 0.558. The lowest BCUT2D eigenvalue weighted by atomic mass is 10.4. The zero-order valence-corrected chi connectivity index (χ0v) is 8.36. The zero-order valence-electron chi connectivity index (χ0n) is 8.36. The molecule has 0 bridgehead atoms. The molecule has 0 atom stereocenters. The van der Waals surface area contributed by atoms with Crippen LogP contribution in [0.3, 0.4) is 0 Å². The highest BCUT2D eigenvalue weighted by Crippen LogP contribution is 2.09. The van der Waals surface area contributed by atoms with Crippen LogP contribution in [-0.2, 0) is 0 Å². The number of hydrogen-bond donors (Lipinski definition) is 1. The summed E-state index contributed by atoms with van der Waals surface area (Å²) < 4.78 is 0.632. The van der Waals surface area contributed by atoms with Gasteiger partial charge in [-0.15, -0.1) is 4.68 Å². The van der Waals surface area contributed by atoms with Crippen molar-refractivity contribution in [2.75, 3.05) is 11.9 Å². The number of nitrogens with one attached hydrogen (secondary N) is 1. The Morgan fingerprint density at radius 2 is 2.38 bits per heavy atom. The molecule has 8 nitrogen and oxygen atoms in total. The minimum atomic E-state index is -0.680. The first-order valence-electron chi connectivity index (χ1n) is 4.38. The van der Waals surface area contributed by atoms with E-state index >= 15 is 0 Å². The lowest BCUT2D eigenvalue weighted by Crippen LogP contribution is -2.37. The summed E-state index contributed by atoms with van der Waals surface area (Å²) in [6.45, 7) is 0. The van der Waals surface area contributed by atoms with Gasteiger partial charge in [-0.3, -0.25) is 9.88 Å². The minimum Gasteiger partial charge on any atom is -0.294 e. The monoisotopic (exact) mass is 220 g/mol. The lowest BCUT2D eigenvalue weighted by molar-refractivity contribution is 0.245. The summed E-state index contributed by atoms with van der Waals surface area (Å²) in [6.07, 6.45) is 3.09. The standard InChI is InChI=1S/C8H8N6O2/c1-13(6-3-2-4-9-5-6)8(16)14-7(15)10-11-12-14/h2-5H,1H3,(H,10,12,15). The number of tetrazole rings is 1. The molecule has 0 aliphatic heterocycles. The summed E-state index contributed by atoms with van der Waals surface area (Å²) in [7, 11) is 1.51. The molecule has 2 rings (SSSR count). The third-order valence-electron chi connectivity index (χ3n) is 1.97. The van der Waals surface area contributed by atoms with E-state index in [1.807, 2.05) is 5.10 Å². The summed E-state index contributed by atoms with van der Waals surface area (Å²) in [5.74, 6) is 0. The van der Waals surface area contributed by atoms with Gasteiger partial charge in [-0.1, -0.05) is 0 Å². The number of carbonyl (C=O) groups is 1. The van der Waals surface area contributed by atoms with Crippen molar-refractivity contribution < 1.29 is 4.79 Å². The Bertz CT molecular complexity index is 545. The fourth-order valence-corrected chi connectivity index (χ4v) is 1.13. The number of pyridine rings is 1. The molecular weight excluding hydrogens is 212 g/mol. The zero-order chi connectivity index (χ0) is 11.5. The Balaban J connectivity index is 2.31. The van der Waals surface area contributed by atoms with Gasteiger partial charge in [0.1, 0.15) is 0 Å². The van der Waals surface area contributed by atoms with Crippen LogP contribution in [0.5, 0.6) is 0 Å². The molecule has 0 radical (unpaired) electrons. The van der Waals surface area contributed by atoms with Gasteiger partial charge in [-0.05, 0) is 22.6 Å². The fraction of sp³-hybridized carbons (Fsp3) is 0.125. The SMILES string of the molecule is CN(C(=O)n1nn[nH]c1=O)c1cccnc1. The first-order valence-corrected chi connectivity index (χ1v) is 4.38. The van der Waals surface area contributed by atoms with Crippen LogP contribution in [0.15, 0.2) is 29.3 Å². The predicted molar refractivity (Wildman–Crippen MR) is 54.1 cm³/mol. The van der Waals surface area contributed by atoms with Gasteiger partial charge in [0.2, 0.25) is 0 Å². The first-order chi connectivity index (χ1) is 7.70. The molecule has 2 aromatic rings. The molecule has 0 saturated carbocycles. The van der Waals surface area contributed by atoms with Crippen LogP contribution in [0.25, 0.3) is 0 Å². The highest BCUT2D eigenvalue weighted by atomic mass is 16.2. The van der Waals surface area contributed by atoms with Gasteiger partial charge in [0.05, 0.1) is 11.9 Å². The predicted octanol–water partition coefficient (Wildman–Crippen LogP) is -0.534. The normalized spacial score (nSPS) is 10.1. The Labute approximate surface area is 89.5 Å². The molecule has 82 valence electrons. The van der Waals surface area contributed by atoms with Gasteiger partial charge in [0.15, 0.2) is 0 Å². The van der Waals surface area contributed by atoms with Crippen molar-refractivity contribution in [3.63, 3.8) is 0 Å². The number of H-pyrrole nitrogens is 1. The van der Waals surface area contributed by atoms with Crippen molar-refractivity contribution in [2.24, 2.45) is 0 Å². The van der Waals surface area contributed by atoms with E-state index in [9.17, 15) is 9.59 Å². The van der Waals surface area contributed by atoms with Crippen molar-refractivity contribution in [3.8, 4) is 0 Å². The van der Waals surface area contributed by atoms with Crippen LogP contribution >= 0.6 is 0 Å². The molecule has 0 saturated heterocycles. The number of rotatable bonds is 1. The third kappa shape index (κ3) is 1.67. The van der Waals surface area contributed by atoms with Crippen LogP contribution in [0.1, 0.15) is 0 Å². The Kier molecular flexibility index (Phi) is 2.46. The number of anilines is 1. The van der Waals surface area contributed by atoms with Crippen molar-refractivity contribution in [3.05, 3.63) is 35.0 Å². The Morgan fingerprint density at radius 3 is 2.94 bits per heavy atom. The average molecular weight is 220 g/mol. The van der Waals surface area contributed by atoms with E-state index in [0.717, 1.165) is 0 Å². The van der Waals surface area contributed by atoms with Crippen molar-refractivity contribution >= 4 is 11.7 Å². The van der Waals surface area contributed by atoms with Crippen molar-refractivity contribution in [1.82, 2.24) is 25.2 Å². The van der Waals surface area contributed by atoms with Crippen molar-refractivity contribution in [2.45, 2.75) is 0 Å². The molecule has 1 amide bonds. The van der Waals surface area contributed by atoms with Gasteiger partial charge in [0, 0.05) is 13.2 Å². The van der Waals surface area contributed by atoms with Gasteiger partial charge >= 0.3 is 11.7 Å². The van der Waals surface area contributed by atoms with Crippen LogP contribution in [0, 0.1) is 0 Å². The van der Waals surface area contributed by atoms with Crippen LogP contribution in [0.2, 0.25) is 0 Å². The molecular formula is C8H8N6O2. The number of aromatic nitrogens is 5. The summed E-state index contributed by atoms with van der Waals surface area (Å²) in [5, 5.41) is 8.62. The molecule has 0 unspecified atom stereocenters. The second-order valence-electron chi connectivity index (χ2n) is 2.97. The molecule has 0 fully saturated rings. The second-order valence-corrected chi connectivity index (χ2v) is 2.97. The maximum absolute atomic E-state index is 11.8. The smallest absolute Gasteiger partial charge is 0.294 e. The van der Waals surface area contributed by atoms with Gasteiger partial charge in [0.25, 0.3) is 0 Å². The number of hydrogen-bond acceptors (Lipinski definition) is 5. The molecule has 0 aliphatic carbocycles. The van der Waals surface area contributed by atoms with E-state index < -0.39 is 11.7 Å². The second kappa shape index (κ2) is 3.93. The van der Waals surface area contributed by atoms with E-state index in [4.69, 9.17) is 0 Å². The quantitative estimate of drug-likeness (QED) is 0.651. The largest absolute Gasteiger partial charge is 0.369 e. The summed E-state index contributed by atoms with van der Waals surface area (Å²) >= 11 is 0. The van der Waals surface area contributed by atoms with Crippen molar-refractivity contribution in [1.29, 1.82) is 0 Å². The molecule has 0 aliphatic rings. The Hall–Kier alpha value is -2.51. The maximum Gasteiger partial charge on any atom is 0.369 e. The lowest BCUT2D eigenvalue weighted by Gasteiger charge is -2.14. The summed E-state index contributed by atoms with van der Waals surface area (Å²) in [6, 6.07) is 2.77. The van der Waals surface area contributed by atoms with E-state index in [0.29, 0.717) is 10.4 Å². The molecule has 0 aromatic carbocycles.